The van der Waals surface area contributed by atoms with Gasteiger partial charge in [-0.1, -0.05) is 0 Å². The molecule has 2 aromatic rings. The third-order valence-electron chi connectivity index (χ3n) is 2.39. The maximum atomic E-state index is 11.8. The maximum Gasteiger partial charge on any atom is 0.411 e. The van der Waals surface area contributed by atoms with E-state index in [1.54, 1.807) is 6.92 Å². The number of rotatable bonds is 5. The van der Waals surface area contributed by atoms with Gasteiger partial charge in [0.2, 0.25) is 0 Å². The molecule has 20 heavy (non-hydrogen) atoms. The van der Waals surface area contributed by atoms with Gasteiger partial charge in [0.1, 0.15) is 18.2 Å². The lowest BCUT2D eigenvalue weighted by Gasteiger charge is -2.09. The zero-order chi connectivity index (χ0) is 14.8. The van der Waals surface area contributed by atoms with Crippen LogP contribution in [0.4, 0.5) is 19.0 Å². The van der Waals surface area contributed by atoms with Crippen LogP contribution in [-0.4, -0.2) is 45.5 Å². The molecule has 0 atom stereocenters. The number of hydrogen-bond donors (Lipinski definition) is 2. The van der Waals surface area contributed by atoms with Crippen LogP contribution in [0.5, 0.6) is 0 Å². The van der Waals surface area contributed by atoms with Crippen LogP contribution in [0.1, 0.15) is 5.82 Å². The van der Waals surface area contributed by atoms with E-state index in [2.05, 4.69) is 25.2 Å². The molecule has 0 aromatic carbocycles. The lowest BCUT2D eigenvalue weighted by molar-refractivity contribution is -0.172. The fourth-order valence-corrected chi connectivity index (χ4v) is 1.63. The van der Waals surface area contributed by atoms with Gasteiger partial charge < -0.3 is 10.1 Å². The van der Waals surface area contributed by atoms with E-state index in [4.69, 9.17) is 0 Å². The highest BCUT2D eigenvalue weighted by Gasteiger charge is 2.27. The molecule has 2 aromatic heterocycles. The molecule has 0 unspecified atom stereocenters. The van der Waals surface area contributed by atoms with Gasteiger partial charge >= 0.3 is 11.9 Å². The second-order valence-electron chi connectivity index (χ2n) is 4.01. The van der Waals surface area contributed by atoms with Crippen molar-refractivity contribution >= 4 is 11.5 Å². The third-order valence-corrected chi connectivity index (χ3v) is 2.39. The number of aryl methyl sites for hydroxylation is 1. The number of ether oxygens (including phenoxy) is 1. The number of alkyl halides is 3. The molecule has 0 amide bonds. The van der Waals surface area contributed by atoms with Crippen LogP contribution in [0, 0.1) is 6.92 Å². The van der Waals surface area contributed by atoms with E-state index in [0.29, 0.717) is 17.3 Å². The molecule has 10 heteroatoms. The molecular formula is C10H12F3N5O2. The Labute approximate surface area is 110 Å². The number of H-pyrrole nitrogens is 1. The molecule has 0 aliphatic rings. The van der Waals surface area contributed by atoms with Gasteiger partial charge in [0.05, 0.1) is 6.61 Å². The van der Waals surface area contributed by atoms with Crippen molar-refractivity contribution in [2.75, 3.05) is 25.1 Å². The second-order valence-corrected chi connectivity index (χ2v) is 4.01. The Morgan fingerprint density at radius 3 is 2.95 bits per heavy atom. The molecular weight excluding hydrogens is 279 g/mol. The zero-order valence-corrected chi connectivity index (χ0v) is 10.5. The highest BCUT2D eigenvalue weighted by molar-refractivity contribution is 5.49. The van der Waals surface area contributed by atoms with Crippen LogP contribution in [0.2, 0.25) is 0 Å². The van der Waals surface area contributed by atoms with Crippen molar-refractivity contribution in [3.05, 3.63) is 22.4 Å². The number of fused-ring (bicyclic) bond motifs is 1. The molecule has 2 N–H and O–H groups in total. The van der Waals surface area contributed by atoms with Crippen molar-refractivity contribution in [2.45, 2.75) is 13.1 Å². The Morgan fingerprint density at radius 2 is 2.25 bits per heavy atom. The first-order valence-electron chi connectivity index (χ1n) is 5.70. The van der Waals surface area contributed by atoms with E-state index >= 15 is 0 Å². The van der Waals surface area contributed by atoms with Crippen LogP contribution in [-0.2, 0) is 4.74 Å². The lowest BCUT2D eigenvalue weighted by Crippen LogP contribution is -2.20. The summed E-state index contributed by atoms with van der Waals surface area (Å²) >= 11 is 0. The summed E-state index contributed by atoms with van der Waals surface area (Å²) in [6.07, 6.45) is -4.33. The first-order chi connectivity index (χ1) is 9.37. The molecule has 0 aliphatic carbocycles. The molecule has 110 valence electrons. The first kappa shape index (κ1) is 14.3. The van der Waals surface area contributed by atoms with E-state index in [0.717, 1.165) is 0 Å². The Hall–Kier alpha value is -2.10. The number of hydrogen-bond acceptors (Lipinski definition) is 5. The van der Waals surface area contributed by atoms with E-state index in [1.807, 2.05) is 0 Å². The van der Waals surface area contributed by atoms with Crippen molar-refractivity contribution in [1.82, 2.24) is 19.6 Å². The number of halogens is 3. The standard InChI is InChI=1S/C10H12F3N5O2/c1-6-15-7(4-8-16-17-9(19)18(6)8)14-2-3-20-5-10(11,12)13/h4,14H,2-3,5H2,1H3,(H,17,19). The zero-order valence-electron chi connectivity index (χ0n) is 10.5. The molecule has 0 saturated carbocycles. The molecule has 7 nitrogen and oxygen atoms in total. The minimum absolute atomic E-state index is 0.112. The Kier molecular flexibility index (Phi) is 3.93. The Balaban J connectivity index is 1.92. The maximum absolute atomic E-state index is 11.8. The predicted octanol–water partition coefficient (Wildman–Crippen LogP) is 0.717. The first-order valence-corrected chi connectivity index (χ1v) is 5.70. The molecule has 0 radical (unpaired) electrons. The van der Waals surface area contributed by atoms with Gasteiger partial charge in [-0.05, 0) is 6.92 Å². The topological polar surface area (TPSA) is 84.3 Å². The van der Waals surface area contributed by atoms with Crippen molar-refractivity contribution in [2.24, 2.45) is 0 Å². The van der Waals surface area contributed by atoms with Gasteiger partial charge in [-0.3, -0.25) is 0 Å². The summed E-state index contributed by atoms with van der Waals surface area (Å²) in [5.74, 6) is 0.824. The van der Waals surface area contributed by atoms with Gasteiger partial charge in [-0.25, -0.2) is 19.3 Å². The molecule has 0 bridgehead atoms. The molecule has 2 rings (SSSR count). The van der Waals surface area contributed by atoms with Crippen molar-refractivity contribution < 1.29 is 17.9 Å². The van der Waals surface area contributed by atoms with Gasteiger partial charge in [0, 0.05) is 12.6 Å². The van der Waals surface area contributed by atoms with Crippen LogP contribution in [0.25, 0.3) is 5.65 Å². The summed E-state index contributed by atoms with van der Waals surface area (Å²) < 4.78 is 41.2. The van der Waals surface area contributed by atoms with E-state index < -0.39 is 18.5 Å². The molecule has 2 heterocycles. The van der Waals surface area contributed by atoms with Gasteiger partial charge in [0.15, 0.2) is 5.65 Å². The van der Waals surface area contributed by atoms with Gasteiger partial charge in [-0.2, -0.15) is 18.3 Å². The number of aromatic nitrogens is 4. The van der Waals surface area contributed by atoms with Crippen LogP contribution < -0.4 is 11.0 Å². The van der Waals surface area contributed by atoms with E-state index in [9.17, 15) is 18.0 Å². The average Bonchev–Trinajstić information content (AvgIpc) is 2.69. The van der Waals surface area contributed by atoms with Gasteiger partial charge in [-0.15, -0.1) is 0 Å². The highest BCUT2D eigenvalue weighted by atomic mass is 19.4. The summed E-state index contributed by atoms with van der Waals surface area (Å²) in [5.41, 5.74) is -0.0220. The molecule has 0 fully saturated rings. The summed E-state index contributed by atoms with van der Waals surface area (Å²) in [4.78, 5) is 15.5. The fraction of sp³-hybridized carbons (Fsp3) is 0.500. The molecule has 0 aliphatic heterocycles. The quantitative estimate of drug-likeness (QED) is 0.793. The molecule has 0 saturated heterocycles. The normalized spacial score (nSPS) is 12.0. The third kappa shape index (κ3) is 3.47. The van der Waals surface area contributed by atoms with Crippen molar-refractivity contribution in [1.29, 1.82) is 0 Å². The summed E-state index contributed by atoms with van der Waals surface area (Å²) in [7, 11) is 0. The summed E-state index contributed by atoms with van der Waals surface area (Å²) in [5, 5.41) is 8.86. The second kappa shape index (κ2) is 5.49. The monoisotopic (exact) mass is 291 g/mol. The SMILES string of the molecule is Cc1nc(NCCOCC(F)(F)F)cc2n[nH]c(=O)n12. The number of nitrogens with zero attached hydrogens (tertiary/aromatic N) is 3. The Morgan fingerprint density at radius 1 is 1.50 bits per heavy atom. The highest BCUT2D eigenvalue weighted by Crippen LogP contribution is 2.14. The van der Waals surface area contributed by atoms with Crippen molar-refractivity contribution in [3.8, 4) is 0 Å². The van der Waals surface area contributed by atoms with Crippen molar-refractivity contribution in [3.63, 3.8) is 0 Å². The predicted molar refractivity (Wildman–Crippen MR) is 63.7 cm³/mol. The molecule has 0 spiro atoms. The summed E-state index contributed by atoms with van der Waals surface area (Å²) in [6.45, 7) is 0.385. The number of aromatic amines is 1. The fourth-order valence-electron chi connectivity index (χ4n) is 1.63. The average molecular weight is 291 g/mol. The largest absolute Gasteiger partial charge is 0.411 e. The number of nitrogens with one attached hydrogen (secondary N) is 2. The minimum Gasteiger partial charge on any atom is -0.370 e. The lowest BCUT2D eigenvalue weighted by atomic mass is 10.5. The van der Waals surface area contributed by atoms with E-state index in [-0.39, 0.29) is 13.2 Å². The van der Waals surface area contributed by atoms with Gasteiger partial charge in [0.25, 0.3) is 0 Å². The van der Waals surface area contributed by atoms with Crippen LogP contribution >= 0.6 is 0 Å². The smallest absolute Gasteiger partial charge is 0.370 e. The number of anilines is 1. The van der Waals surface area contributed by atoms with Crippen LogP contribution in [0.15, 0.2) is 10.9 Å². The van der Waals surface area contributed by atoms with Crippen LogP contribution in [0.3, 0.4) is 0 Å². The summed E-state index contributed by atoms with van der Waals surface area (Å²) in [6, 6.07) is 1.51. The minimum atomic E-state index is -4.33. The van der Waals surface area contributed by atoms with E-state index in [1.165, 1.54) is 10.5 Å². The Bertz CT molecular complexity index is 648.